The summed E-state index contributed by atoms with van der Waals surface area (Å²) in [6, 6.07) is 0.816. The van der Waals surface area contributed by atoms with Crippen molar-refractivity contribution in [2.24, 2.45) is 5.73 Å². The fraction of sp³-hybridized carbons (Fsp3) is 1.00. The lowest BCUT2D eigenvalue weighted by Gasteiger charge is -2.37. The minimum Gasteiger partial charge on any atom is -0.324 e. The van der Waals surface area contributed by atoms with Crippen LogP contribution in [0.1, 0.15) is 59.3 Å². The van der Waals surface area contributed by atoms with Crippen LogP contribution in [-0.2, 0) is 0 Å². The third-order valence-electron chi connectivity index (χ3n) is 4.17. The molecule has 0 unspecified atom stereocenters. The Morgan fingerprint density at radius 2 is 1.67 bits per heavy atom. The van der Waals surface area contributed by atoms with E-state index in [0.29, 0.717) is 0 Å². The minimum absolute atomic E-state index is 0.0403. The third kappa shape index (κ3) is 3.46. The molecule has 2 nitrogen and oxygen atoms in total. The van der Waals surface area contributed by atoms with Gasteiger partial charge in [0.15, 0.2) is 0 Å². The summed E-state index contributed by atoms with van der Waals surface area (Å²) < 4.78 is 0. The average Bonchev–Trinajstić information content (AvgIpc) is 2.79. The summed E-state index contributed by atoms with van der Waals surface area (Å²) in [6.45, 7) is 8.94. The highest BCUT2D eigenvalue weighted by Crippen LogP contribution is 2.25. The number of hydrogen-bond acceptors (Lipinski definition) is 2. The van der Waals surface area contributed by atoms with Gasteiger partial charge < -0.3 is 5.73 Å². The molecule has 0 radical (unpaired) electrons. The summed E-state index contributed by atoms with van der Waals surface area (Å²) in [4.78, 5) is 2.61. The lowest BCUT2D eigenvalue weighted by Crippen LogP contribution is -2.51. The van der Waals surface area contributed by atoms with Crippen molar-refractivity contribution >= 4 is 0 Å². The number of nitrogens with two attached hydrogens (primary N) is 1. The van der Waals surface area contributed by atoms with E-state index in [9.17, 15) is 0 Å². The van der Waals surface area contributed by atoms with Crippen LogP contribution < -0.4 is 5.73 Å². The summed E-state index contributed by atoms with van der Waals surface area (Å²) in [5.41, 5.74) is 6.44. The number of rotatable bonds is 6. The fourth-order valence-corrected chi connectivity index (χ4v) is 2.65. The lowest BCUT2D eigenvalue weighted by molar-refractivity contribution is 0.154. The van der Waals surface area contributed by atoms with Crippen molar-refractivity contribution in [2.45, 2.75) is 70.9 Å². The van der Waals surface area contributed by atoms with Crippen LogP contribution in [0.5, 0.6) is 0 Å². The van der Waals surface area contributed by atoms with Crippen molar-refractivity contribution in [1.29, 1.82) is 0 Å². The van der Waals surface area contributed by atoms with E-state index < -0.39 is 0 Å². The van der Waals surface area contributed by atoms with Gasteiger partial charge in [-0.15, -0.1) is 0 Å². The Bertz CT molecular complexity index is 169. The summed E-state index contributed by atoms with van der Waals surface area (Å²) in [5, 5.41) is 0. The van der Waals surface area contributed by atoms with Gasteiger partial charge in [0.1, 0.15) is 0 Å². The first-order valence-electron chi connectivity index (χ1n) is 6.68. The van der Waals surface area contributed by atoms with Crippen LogP contribution in [0.4, 0.5) is 0 Å². The standard InChI is InChI=1S/C13H28N2/c1-4-13(14,5-2)11-15(6-3)12-9-7-8-10-12/h12H,4-11,14H2,1-3H3. The number of nitrogens with zero attached hydrogens (tertiary/aromatic N) is 1. The van der Waals surface area contributed by atoms with Crippen LogP contribution in [0.25, 0.3) is 0 Å². The highest BCUT2D eigenvalue weighted by atomic mass is 15.2. The molecular formula is C13H28N2. The Morgan fingerprint density at radius 3 is 2.07 bits per heavy atom. The van der Waals surface area contributed by atoms with E-state index >= 15 is 0 Å². The molecule has 0 heterocycles. The van der Waals surface area contributed by atoms with E-state index in [4.69, 9.17) is 5.73 Å². The SMILES string of the molecule is CCN(CC(N)(CC)CC)C1CCCC1. The highest BCUT2D eigenvalue weighted by molar-refractivity contribution is 4.88. The average molecular weight is 212 g/mol. The van der Waals surface area contributed by atoms with Crippen LogP contribution >= 0.6 is 0 Å². The van der Waals surface area contributed by atoms with E-state index in [1.54, 1.807) is 0 Å². The molecule has 0 aromatic rings. The van der Waals surface area contributed by atoms with Gasteiger partial charge in [-0.05, 0) is 32.2 Å². The van der Waals surface area contributed by atoms with Gasteiger partial charge in [0.2, 0.25) is 0 Å². The molecule has 0 aromatic heterocycles. The molecule has 0 aromatic carbocycles. The molecule has 90 valence electrons. The molecule has 0 amide bonds. The number of likely N-dealkylation sites (N-methyl/N-ethyl adjacent to an activating group) is 1. The molecule has 0 atom stereocenters. The Balaban J connectivity index is 2.51. The van der Waals surface area contributed by atoms with Gasteiger partial charge >= 0.3 is 0 Å². The summed E-state index contributed by atoms with van der Waals surface area (Å²) >= 11 is 0. The van der Waals surface area contributed by atoms with Crippen LogP contribution in [0.2, 0.25) is 0 Å². The van der Waals surface area contributed by atoms with E-state index in [1.165, 1.54) is 25.7 Å². The maximum atomic E-state index is 6.40. The predicted molar refractivity (Wildman–Crippen MR) is 67.0 cm³/mol. The molecule has 0 aliphatic heterocycles. The molecular weight excluding hydrogens is 184 g/mol. The maximum absolute atomic E-state index is 6.40. The molecule has 1 rings (SSSR count). The van der Waals surface area contributed by atoms with Crippen LogP contribution in [0.3, 0.4) is 0 Å². The second-order valence-corrected chi connectivity index (χ2v) is 5.07. The molecule has 0 bridgehead atoms. The van der Waals surface area contributed by atoms with E-state index in [1.807, 2.05) is 0 Å². The van der Waals surface area contributed by atoms with E-state index in [0.717, 1.165) is 32.0 Å². The number of hydrogen-bond donors (Lipinski definition) is 1. The summed E-state index contributed by atoms with van der Waals surface area (Å²) in [5.74, 6) is 0. The van der Waals surface area contributed by atoms with Gasteiger partial charge in [0, 0.05) is 18.1 Å². The lowest BCUT2D eigenvalue weighted by atomic mass is 9.93. The zero-order valence-electron chi connectivity index (χ0n) is 10.8. The Labute approximate surface area is 95.2 Å². The summed E-state index contributed by atoms with van der Waals surface area (Å²) in [6.07, 6.45) is 7.78. The van der Waals surface area contributed by atoms with E-state index in [2.05, 4.69) is 25.7 Å². The van der Waals surface area contributed by atoms with Gasteiger partial charge in [-0.3, -0.25) is 4.90 Å². The first kappa shape index (κ1) is 13.0. The van der Waals surface area contributed by atoms with E-state index in [-0.39, 0.29) is 5.54 Å². The van der Waals surface area contributed by atoms with Crippen molar-refractivity contribution in [3.63, 3.8) is 0 Å². The molecule has 1 saturated carbocycles. The van der Waals surface area contributed by atoms with Crippen LogP contribution in [0, 0.1) is 0 Å². The van der Waals surface area contributed by atoms with Crippen molar-refractivity contribution in [1.82, 2.24) is 4.90 Å². The Hall–Kier alpha value is -0.0800. The van der Waals surface area contributed by atoms with Crippen molar-refractivity contribution in [2.75, 3.05) is 13.1 Å². The fourth-order valence-electron chi connectivity index (χ4n) is 2.65. The molecule has 1 aliphatic rings. The maximum Gasteiger partial charge on any atom is 0.0278 e. The van der Waals surface area contributed by atoms with Gasteiger partial charge in [-0.25, -0.2) is 0 Å². The second kappa shape index (κ2) is 5.86. The normalized spacial score (nSPS) is 19.0. The monoisotopic (exact) mass is 212 g/mol. The van der Waals surface area contributed by atoms with Gasteiger partial charge in [-0.1, -0.05) is 33.6 Å². The Kier molecular flexibility index (Phi) is 5.07. The highest BCUT2D eigenvalue weighted by Gasteiger charge is 2.28. The molecule has 2 N–H and O–H groups in total. The minimum atomic E-state index is 0.0403. The predicted octanol–water partition coefficient (Wildman–Crippen LogP) is 2.77. The van der Waals surface area contributed by atoms with Crippen LogP contribution in [0.15, 0.2) is 0 Å². The van der Waals surface area contributed by atoms with Crippen molar-refractivity contribution < 1.29 is 0 Å². The first-order chi connectivity index (χ1) is 7.15. The van der Waals surface area contributed by atoms with Crippen molar-refractivity contribution in [3.8, 4) is 0 Å². The second-order valence-electron chi connectivity index (χ2n) is 5.07. The molecule has 1 fully saturated rings. The Morgan fingerprint density at radius 1 is 1.13 bits per heavy atom. The van der Waals surface area contributed by atoms with Gasteiger partial charge in [0.05, 0.1) is 0 Å². The molecule has 0 saturated heterocycles. The molecule has 15 heavy (non-hydrogen) atoms. The molecule has 2 heteroatoms. The largest absolute Gasteiger partial charge is 0.324 e. The summed E-state index contributed by atoms with van der Waals surface area (Å²) in [7, 11) is 0. The smallest absolute Gasteiger partial charge is 0.0278 e. The topological polar surface area (TPSA) is 29.3 Å². The molecule has 1 aliphatic carbocycles. The molecule has 0 spiro atoms. The first-order valence-corrected chi connectivity index (χ1v) is 6.68. The van der Waals surface area contributed by atoms with Gasteiger partial charge in [-0.2, -0.15) is 0 Å². The van der Waals surface area contributed by atoms with Crippen molar-refractivity contribution in [3.05, 3.63) is 0 Å². The quantitative estimate of drug-likeness (QED) is 0.733. The zero-order valence-corrected chi connectivity index (χ0v) is 10.8. The van der Waals surface area contributed by atoms with Gasteiger partial charge in [0.25, 0.3) is 0 Å². The van der Waals surface area contributed by atoms with Crippen LogP contribution in [-0.4, -0.2) is 29.6 Å². The zero-order chi connectivity index (χ0) is 11.3. The third-order valence-corrected chi connectivity index (χ3v) is 4.17.